The van der Waals surface area contributed by atoms with Crippen LogP contribution in [0.25, 0.3) is 0 Å². The lowest BCUT2D eigenvalue weighted by molar-refractivity contribution is 0.663. The number of benzene rings is 6. The standard InChI is InChI=1S/C60H56N4/c1-5-7-21-54(18-6-2)64(60-41-15-14-20-46(60)43-60)55-38-36-51(37-39-55)61(49-28-30-52(31-29-49)62(47-22-10-8-11-23-47)56-26-16-19-45(3)42-56)50-32-34-53(35-33-50)63(48-24-12-9-13-25-48)58-27-17-40-59(4)44-57(58)59/h5-42,46,57H,43-44H2,1-4H3/b7-5-,18-6+,54-21+. The van der Waals surface area contributed by atoms with E-state index < -0.39 is 0 Å². The maximum Gasteiger partial charge on any atom is 0.0706 e. The van der Waals surface area contributed by atoms with Gasteiger partial charge >= 0.3 is 0 Å². The highest BCUT2D eigenvalue weighted by Crippen LogP contribution is 2.61. The Morgan fingerprint density at radius 3 is 1.62 bits per heavy atom. The van der Waals surface area contributed by atoms with E-state index in [9.17, 15) is 0 Å². The van der Waals surface area contributed by atoms with Crippen molar-refractivity contribution >= 4 is 51.2 Å². The number of anilines is 9. The minimum absolute atomic E-state index is 0.0808. The molecule has 4 aliphatic carbocycles. The van der Waals surface area contributed by atoms with Crippen LogP contribution < -0.4 is 19.6 Å². The number of aryl methyl sites for hydroxylation is 1. The zero-order valence-electron chi connectivity index (χ0n) is 37.3. The van der Waals surface area contributed by atoms with Gasteiger partial charge in [-0.05, 0) is 172 Å². The minimum atomic E-state index is -0.0808. The summed E-state index contributed by atoms with van der Waals surface area (Å²) < 4.78 is 0. The summed E-state index contributed by atoms with van der Waals surface area (Å²) in [6.45, 7) is 8.71. The number of para-hydroxylation sites is 2. The highest BCUT2D eigenvalue weighted by atomic mass is 15.3. The van der Waals surface area contributed by atoms with Crippen LogP contribution in [0, 0.1) is 24.2 Å². The second kappa shape index (κ2) is 17.1. The molecule has 0 amide bonds. The third kappa shape index (κ3) is 7.75. The highest BCUT2D eigenvalue weighted by Gasteiger charge is 2.56. The summed E-state index contributed by atoms with van der Waals surface area (Å²) in [7, 11) is 0. The number of rotatable bonds is 14. The van der Waals surface area contributed by atoms with Gasteiger partial charge in [-0.3, -0.25) is 0 Å². The largest absolute Gasteiger partial charge is 0.331 e. The molecule has 0 heterocycles. The normalized spacial score (nSPS) is 21.6. The Kier molecular flexibility index (Phi) is 10.9. The van der Waals surface area contributed by atoms with Crippen LogP contribution in [0.4, 0.5) is 51.2 Å². The van der Waals surface area contributed by atoms with Crippen molar-refractivity contribution in [3.8, 4) is 0 Å². The molecule has 64 heavy (non-hydrogen) atoms. The van der Waals surface area contributed by atoms with Crippen molar-refractivity contribution in [1.29, 1.82) is 0 Å². The van der Waals surface area contributed by atoms with Gasteiger partial charge in [0.2, 0.25) is 0 Å². The SMILES string of the molecule is C\C=C/C=C(\C=C\C)N(c1ccc(N(c2ccc(N(C3=CC=CC4(C)CC34)c3ccccc3)cc2)c2ccc(N(c3ccccc3)c3cccc(C)c3)cc2)cc1)C12C=CC=CC1C2. The van der Waals surface area contributed by atoms with E-state index in [0.29, 0.717) is 11.8 Å². The zero-order chi connectivity index (χ0) is 43.7. The Balaban J connectivity index is 1.06. The van der Waals surface area contributed by atoms with Gasteiger partial charge in [0.05, 0.1) is 5.54 Å². The van der Waals surface area contributed by atoms with E-state index in [-0.39, 0.29) is 11.0 Å². The summed E-state index contributed by atoms with van der Waals surface area (Å²) in [5.41, 5.74) is 14.0. The number of nitrogens with zero attached hydrogens (tertiary/aromatic N) is 4. The smallest absolute Gasteiger partial charge is 0.0706 e. The van der Waals surface area contributed by atoms with Crippen LogP contribution in [0.1, 0.15) is 39.2 Å². The van der Waals surface area contributed by atoms with Gasteiger partial charge in [0.1, 0.15) is 0 Å². The van der Waals surface area contributed by atoms with Crippen molar-refractivity contribution in [2.24, 2.45) is 17.3 Å². The molecule has 4 nitrogen and oxygen atoms in total. The molecule has 2 saturated carbocycles. The van der Waals surface area contributed by atoms with E-state index in [4.69, 9.17) is 0 Å². The Hall–Kier alpha value is -7.30. The van der Waals surface area contributed by atoms with Crippen LogP contribution in [0.15, 0.2) is 242 Å². The fourth-order valence-electron chi connectivity index (χ4n) is 9.91. The molecule has 4 aliphatic rings. The average Bonchev–Trinajstić information content (AvgIpc) is 4.25. The number of allylic oxidation sites excluding steroid dienone is 11. The van der Waals surface area contributed by atoms with E-state index in [1.54, 1.807) is 0 Å². The second-order valence-electron chi connectivity index (χ2n) is 17.8. The molecule has 4 atom stereocenters. The molecular weight excluding hydrogens is 777 g/mol. The predicted molar refractivity (Wildman–Crippen MR) is 272 cm³/mol. The van der Waals surface area contributed by atoms with Gasteiger partial charge in [-0.25, -0.2) is 0 Å². The van der Waals surface area contributed by atoms with Gasteiger partial charge < -0.3 is 19.6 Å². The predicted octanol–water partition coefficient (Wildman–Crippen LogP) is 16.3. The molecule has 0 aliphatic heterocycles. The van der Waals surface area contributed by atoms with Crippen LogP contribution in [0.5, 0.6) is 0 Å². The summed E-state index contributed by atoms with van der Waals surface area (Å²) in [6.07, 6.45) is 29.2. The van der Waals surface area contributed by atoms with E-state index in [0.717, 1.165) is 46.2 Å². The van der Waals surface area contributed by atoms with Gasteiger partial charge in [-0.15, -0.1) is 0 Å². The molecule has 0 bridgehead atoms. The first kappa shape index (κ1) is 40.8. The quantitative estimate of drug-likeness (QED) is 0.101. The van der Waals surface area contributed by atoms with E-state index >= 15 is 0 Å². The topological polar surface area (TPSA) is 13.0 Å². The molecule has 0 radical (unpaired) electrons. The summed E-state index contributed by atoms with van der Waals surface area (Å²) in [6, 6.07) is 57.5. The molecule has 0 aromatic heterocycles. The lowest BCUT2D eigenvalue weighted by atomic mass is 9.98. The van der Waals surface area contributed by atoms with Crippen molar-refractivity contribution in [2.75, 3.05) is 19.6 Å². The summed E-state index contributed by atoms with van der Waals surface area (Å²) in [5, 5.41) is 0. The fourth-order valence-corrected chi connectivity index (χ4v) is 9.91. The van der Waals surface area contributed by atoms with Crippen molar-refractivity contribution in [2.45, 2.75) is 46.1 Å². The van der Waals surface area contributed by atoms with Gasteiger partial charge in [-0.1, -0.05) is 110 Å². The Morgan fingerprint density at radius 1 is 0.531 bits per heavy atom. The van der Waals surface area contributed by atoms with E-state index in [1.165, 1.54) is 34.8 Å². The molecule has 0 N–H and O–H groups in total. The first-order valence-corrected chi connectivity index (χ1v) is 22.8. The molecule has 0 spiro atoms. The number of hydrogen-bond donors (Lipinski definition) is 0. The summed E-state index contributed by atoms with van der Waals surface area (Å²) in [5.74, 6) is 0.984. The van der Waals surface area contributed by atoms with Gasteiger partial charge in [-0.2, -0.15) is 0 Å². The van der Waals surface area contributed by atoms with Crippen molar-refractivity contribution < 1.29 is 0 Å². The van der Waals surface area contributed by atoms with Gasteiger partial charge in [0, 0.05) is 74.4 Å². The third-order valence-electron chi connectivity index (χ3n) is 13.4. The lowest BCUT2D eigenvalue weighted by Crippen LogP contribution is -2.37. The minimum Gasteiger partial charge on any atom is -0.331 e. The van der Waals surface area contributed by atoms with Crippen LogP contribution in [-0.4, -0.2) is 5.54 Å². The van der Waals surface area contributed by atoms with Crippen molar-refractivity contribution in [1.82, 2.24) is 0 Å². The van der Waals surface area contributed by atoms with Crippen molar-refractivity contribution in [3.63, 3.8) is 0 Å². The first-order chi connectivity index (χ1) is 31.4. The van der Waals surface area contributed by atoms with Crippen LogP contribution >= 0.6 is 0 Å². The molecule has 316 valence electrons. The fraction of sp³-hybridized carbons (Fsp3) is 0.167. The molecule has 6 aromatic rings. The van der Waals surface area contributed by atoms with Gasteiger partial charge in [0.25, 0.3) is 0 Å². The van der Waals surface area contributed by atoms with Crippen LogP contribution in [0.3, 0.4) is 0 Å². The van der Waals surface area contributed by atoms with Crippen molar-refractivity contribution in [3.05, 3.63) is 248 Å². The maximum absolute atomic E-state index is 2.54. The monoisotopic (exact) mass is 832 g/mol. The summed E-state index contributed by atoms with van der Waals surface area (Å²) in [4.78, 5) is 9.72. The second-order valence-corrected chi connectivity index (χ2v) is 17.8. The van der Waals surface area contributed by atoms with Crippen LogP contribution in [-0.2, 0) is 0 Å². The molecule has 0 saturated heterocycles. The molecule has 4 heteroatoms. The van der Waals surface area contributed by atoms with Gasteiger partial charge in [0.15, 0.2) is 0 Å². The molecule has 4 unspecified atom stereocenters. The zero-order valence-corrected chi connectivity index (χ0v) is 37.3. The first-order valence-electron chi connectivity index (χ1n) is 22.8. The van der Waals surface area contributed by atoms with E-state index in [1.807, 2.05) is 0 Å². The molecule has 2 fully saturated rings. The molecule has 6 aromatic carbocycles. The number of hydrogen-bond acceptors (Lipinski definition) is 4. The summed E-state index contributed by atoms with van der Waals surface area (Å²) >= 11 is 0. The third-order valence-corrected chi connectivity index (χ3v) is 13.4. The maximum atomic E-state index is 2.54. The average molecular weight is 833 g/mol. The van der Waals surface area contributed by atoms with E-state index in [2.05, 4.69) is 278 Å². The molecule has 10 rings (SSSR count). The Morgan fingerprint density at radius 2 is 1.06 bits per heavy atom. The lowest BCUT2D eigenvalue weighted by Gasteiger charge is -2.35. The number of fused-ring (bicyclic) bond motifs is 2. The Labute approximate surface area is 380 Å². The Bertz CT molecular complexity index is 2830. The highest BCUT2D eigenvalue weighted by molar-refractivity contribution is 5.83. The molecular formula is C60H56N4. The van der Waals surface area contributed by atoms with Crippen LogP contribution in [0.2, 0.25) is 0 Å².